The first kappa shape index (κ1) is 7.82. The van der Waals surface area contributed by atoms with Crippen molar-refractivity contribution in [2.45, 2.75) is 0 Å². The largest absolute Gasteiger partial charge is 0.463 e. The Morgan fingerprint density at radius 1 is 1.38 bits per heavy atom. The summed E-state index contributed by atoms with van der Waals surface area (Å²) < 4.78 is 5.16. The van der Waals surface area contributed by atoms with E-state index in [9.17, 15) is 4.79 Å². The number of hydrogen-bond acceptors (Lipinski definition) is 3. The molecule has 1 aromatic carbocycles. The van der Waals surface area contributed by atoms with E-state index in [0.717, 1.165) is 5.39 Å². The first-order chi connectivity index (χ1) is 6.33. The molecule has 4 nitrogen and oxygen atoms in total. The molecule has 0 saturated heterocycles. The van der Waals surface area contributed by atoms with Gasteiger partial charge in [-0.15, -0.1) is 0 Å². The molecule has 0 radical (unpaired) electrons. The Morgan fingerprint density at radius 2 is 2.15 bits per heavy atom. The average molecular weight is 176 g/mol. The maximum Gasteiger partial charge on any atom is 0.269 e. The fraction of sp³-hybridized carbons (Fsp3) is 0. The van der Waals surface area contributed by atoms with E-state index in [1.807, 2.05) is 18.2 Å². The topological polar surface area (TPSA) is 68.3 Å². The summed E-state index contributed by atoms with van der Waals surface area (Å²) >= 11 is 0. The number of nitrogen functional groups attached to an aromatic ring is 1. The normalized spacial score (nSPS) is 10.2. The van der Waals surface area contributed by atoms with Gasteiger partial charge >= 0.3 is 0 Å². The molecule has 1 amide bonds. The SMILES string of the molecule is NNC(=O)c1coc2ccccc12. The zero-order valence-corrected chi connectivity index (χ0v) is 6.78. The van der Waals surface area contributed by atoms with Crippen molar-refractivity contribution in [2.24, 2.45) is 5.84 Å². The van der Waals surface area contributed by atoms with Crippen molar-refractivity contribution in [3.05, 3.63) is 36.1 Å². The molecule has 0 fully saturated rings. The standard InChI is InChI=1S/C9H8N2O2/c10-11-9(12)7-5-13-8-4-2-1-3-6(7)8/h1-5H,10H2,(H,11,12). The Bertz CT molecular complexity index is 448. The van der Waals surface area contributed by atoms with Crippen molar-refractivity contribution < 1.29 is 9.21 Å². The molecule has 0 aliphatic rings. The molecule has 0 atom stereocenters. The molecule has 3 N–H and O–H groups in total. The fourth-order valence-electron chi connectivity index (χ4n) is 1.23. The third-order valence-corrected chi connectivity index (χ3v) is 1.86. The zero-order valence-electron chi connectivity index (χ0n) is 6.78. The second-order valence-electron chi connectivity index (χ2n) is 2.62. The zero-order chi connectivity index (χ0) is 9.26. The molecule has 0 aliphatic heterocycles. The summed E-state index contributed by atoms with van der Waals surface area (Å²) in [5, 5.41) is 0.769. The predicted molar refractivity (Wildman–Crippen MR) is 47.9 cm³/mol. The lowest BCUT2D eigenvalue weighted by Crippen LogP contribution is -2.29. The summed E-state index contributed by atoms with van der Waals surface area (Å²) in [5.41, 5.74) is 3.20. The van der Waals surface area contributed by atoms with Crippen molar-refractivity contribution in [1.29, 1.82) is 0 Å². The van der Waals surface area contributed by atoms with Crippen LogP contribution in [0.15, 0.2) is 34.9 Å². The molecule has 0 unspecified atom stereocenters. The fourth-order valence-corrected chi connectivity index (χ4v) is 1.23. The molecule has 0 saturated carbocycles. The Balaban J connectivity index is 2.64. The molecule has 1 aromatic heterocycles. The molecule has 13 heavy (non-hydrogen) atoms. The number of amides is 1. The van der Waals surface area contributed by atoms with Crippen LogP contribution in [0.4, 0.5) is 0 Å². The number of carbonyl (C=O) groups excluding carboxylic acids is 1. The first-order valence-electron chi connectivity index (χ1n) is 3.80. The minimum absolute atomic E-state index is 0.343. The number of nitrogens with one attached hydrogen (secondary N) is 1. The monoisotopic (exact) mass is 176 g/mol. The molecule has 0 bridgehead atoms. The quantitative estimate of drug-likeness (QED) is 0.387. The van der Waals surface area contributed by atoms with Gasteiger partial charge in [0.25, 0.3) is 5.91 Å². The van der Waals surface area contributed by atoms with Crippen LogP contribution in [0.1, 0.15) is 10.4 Å². The molecule has 0 spiro atoms. The highest BCUT2D eigenvalue weighted by molar-refractivity contribution is 6.05. The van der Waals surface area contributed by atoms with E-state index in [4.69, 9.17) is 10.3 Å². The lowest BCUT2D eigenvalue weighted by atomic mass is 10.2. The van der Waals surface area contributed by atoms with Gasteiger partial charge in [-0.3, -0.25) is 10.2 Å². The number of furan rings is 1. The summed E-state index contributed by atoms with van der Waals surface area (Å²) in [6, 6.07) is 7.28. The third kappa shape index (κ3) is 1.17. The average Bonchev–Trinajstić information content (AvgIpc) is 2.60. The van der Waals surface area contributed by atoms with Gasteiger partial charge in [0.05, 0.1) is 5.56 Å². The number of hydrazine groups is 1. The minimum Gasteiger partial charge on any atom is -0.463 e. The Labute approximate surface area is 74.3 Å². The molecule has 0 aliphatic carbocycles. The van der Waals surface area contributed by atoms with Crippen LogP contribution in [0.5, 0.6) is 0 Å². The highest BCUT2D eigenvalue weighted by atomic mass is 16.3. The van der Waals surface area contributed by atoms with Crippen molar-refractivity contribution in [3.63, 3.8) is 0 Å². The molecule has 1 heterocycles. The number of carbonyl (C=O) groups is 1. The lowest BCUT2D eigenvalue weighted by molar-refractivity contribution is 0.0954. The van der Waals surface area contributed by atoms with E-state index in [-0.39, 0.29) is 5.91 Å². The minimum atomic E-state index is -0.343. The van der Waals surface area contributed by atoms with Crippen molar-refractivity contribution in [3.8, 4) is 0 Å². The summed E-state index contributed by atoms with van der Waals surface area (Å²) in [4.78, 5) is 11.2. The van der Waals surface area contributed by atoms with Crippen LogP contribution in [-0.2, 0) is 0 Å². The first-order valence-corrected chi connectivity index (χ1v) is 3.80. The maximum atomic E-state index is 11.2. The van der Waals surface area contributed by atoms with Crippen molar-refractivity contribution in [1.82, 2.24) is 5.43 Å². The molecular formula is C9H8N2O2. The van der Waals surface area contributed by atoms with Gasteiger partial charge < -0.3 is 4.42 Å². The van der Waals surface area contributed by atoms with Gasteiger partial charge in [-0.2, -0.15) is 0 Å². The van der Waals surface area contributed by atoms with Crippen LogP contribution in [0, 0.1) is 0 Å². The number of nitrogens with two attached hydrogens (primary N) is 1. The number of hydrogen-bond donors (Lipinski definition) is 2. The van der Waals surface area contributed by atoms with E-state index in [0.29, 0.717) is 11.1 Å². The molecular weight excluding hydrogens is 168 g/mol. The van der Waals surface area contributed by atoms with Crippen LogP contribution < -0.4 is 11.3 Å². The van der Waals surface area contributed by atoms with Crippen LogP contribution in [0.3, 0.4) is 0 Å². The Morgan fingerprint density at radius 3 is 2.92 bits per heavy atom. The second kappa shape index (κ2) is 2.91. The predicted octanol–water partition coefficient (Wildman–Crippen LogP) is 1.04. The summed E-state index contributed by atoms with van der Waals surface area (Å²) in [6.45, 7) is 0. The van der Waals surface area contributed by atoms with E-state index in [1.54, 1.807) is 6.07 Å². The van der Waals surface area contributed by atoms with E-state index < -0.39 is 0 Å². The van der Waals surface area contributed by atoms with Gasteiger partial charge in [-0.25, -0.2) is 5.84 Å². The van der Waals surface area contributed by atoms with Crippen molar-refractivity contribution >= 4 is 16.9 Å². The van der Waals surface area contributed by atoms with E-state index in [2.05, 4.69) is 5.43 Å². The highest BCUT2D eigenvalue weighted by Gasteiger charge is 2.10. The highest BCUT2D eigenvalue weighted by Crippen LogP contribution is 2.19. The lowest BCUT2D eigenvalue weighted by Gasteiger charge is -1.94. The molecule has 4 heteroatoms. The Kier molecular flexibility index (Phi) is 1.75. The number of rotatable bonds is 1. The smallest absolute Gasteiger partial charge is 0.269 e. The molecule has 66 valence electrons. The number of benzene rings is 1. The molecule has 2 rings (SSSR count). The number of fused-ring (bicyclic) bond motifs is 1. The van der Waals surface area contributed by atoms with Crippen LogP contribution >= 0.6 is 0 Å². The van der Waals surface area contributed by atoms with E-state index >= 15 is 0 Å². The van der Waals surface area contributed by atoms with Crippen LogP contribution in [-0.4, -0.2) is 5.91 Å². The van der Waals surface area contributed by atoms with Gasteiger partial charge in [-0.1, -0.05) is 18.2 Å². The number of para-hydroxylation sites is 1. The van der Waals surface area contributed by atoms with Gasteiger partial charge in [0.15, 0.2) is 0 Å². The van der Waals surface area contributed by atoms with Gasteiger partial charge in [0.1, 0.15) is 11.8 Å². The van der Waals surface area contributed by atoms with Crippen LogP contribution in [0.2, 0.25) is 0 Å². The van der Waals surface area contributed by atoms with Gasteiger partial charge in [0, 0.05) is 5.39 Å². The Hall–Kier alpha value is -1.81. The van der Waals surface area contributed by atoms with Crippen molar-refractivity contribution in [2.75, 3.05) is 0 Å². The summed E-state index contributed by atoms with van der Waals surface area (Å²) in [5.74, 6) is 4.67. The summed E-state index contributed by atoms with van der Waals surface area (Å²) in [6.07, 6.45) is 1.40. The summed E-state index contributed by atoms with van der Waals surface area (Å²) in [7, 11) is 0. The van der Waals surface area contributed by atoms with Gasteiger partial charge in [-0.05, 0) is 6.07 Å². The second-order valence-corrected chi connectivity index (χ2v) is 2.62. The third-order valence-electron chi connectivity index (χ3n) is 1.86. The maximum absolute atomic E-state index is 11.2. The van der Waals surface area contributed by atoms with Crippen LogP contribution in [0.25, 0.3) is 11.0 Å². The molecule has 2 aromatic rings. The van der Waals surface area contributed by atoms with E-state index in [1.165, 1.54) is 6.26 Å². The van der Waals surface area contributed by atoms with Gasteiger partial charge in [0.2, 0.25) is 0 Å².